The largest absolute Gasteiger partial charge is 0.379 e. The molecule has 0 aromatic carbocycles. The zero-order valence-corrected chi connectivity index (χ0v) is 20.6. The molecule has 1 aliphatic rings. The summed E-state index contributed by atoms with van der Waals surface area (Å²) in [4.78, 5) is 13.1. The van der Waals surface area contributed by atoms with E-state index in [9.17, 15) is 8.78 Å². The average Bonchev–Trinajstić information content (AvgIpc) is 3.39. The van der Waals surface area contributed by atoms with E-state index in [1.807, 2.05) is 13.2 Å². The molecule has 0 spiro atoms. The molecular weight excluding hydrogens is 454 g/mol. The summed E-state index contributed by atoms with van der Waals surface area (Å²) in [5.74, 6) is 1.19. The van der Waals surface area contributed by atoms with Gasteiger partial charge in [-0.1, -0.05) is 19.3 Å². The number of aryl methyl sites for hydroxylation is 1. The summed E-state index contributed by atoms with van der Waals surface area (Å²) in [7, 11) is 3.56. The number of anilines is 2. The number of imidazole rings is 1. The minimum absolute atomic E-state index is 0.137. The molecule has 188 valence electrons. The average molecular weight is 487 g/mol. The van der Waals surface area contributed by atoms with Crippen LogP contribution in [0.25, 0.3) is 27.9 Å². The zero-order valence-electron chi connectivity index (χ0n) is 20.6. The number of nitrogen functional groups attached to an aromatic ring is 1. The number of hydrogen-bond acceptors (Lipinski definition) is 7. The van der Waals surface area contributed by atoms with Crippen molar-refractivity contribution >= 4 is 28.4 Å². The van der Waals surface area contributed by atoms with Gasteiger partial charge in [-0.3, -0.25) is 0 Å². The van der Waals surface area contributed by atoms with E-state index >= 15 is 0 Å². The Labute approximate surface area is 202 Å². The smallest absolute Gasteiger partial charge is 0.256 e. The fourth-order valence-electron chi connectivity index (χ4n) is 4.55. The SMILES string of the molecule is CNc1nc(N)nn2ccc(-c3ccc4nc(C)n(CC(F)F)c4n3)c12.COC1(C)CCCCC1. The molecule has 4 heterocycles. The van der Waals surface area contributed by atoms with Gasteiger partial charge in [-0.2, -0.15) is 4.98 Å². The minimum atomic E-state index is -2.49. The Morgan fingerprint density at radius 1 is 1.14 bits per heavy atom. The van der Waals surface area contributed by atoms with E-state index in [4.69, 9.17) is 10.5 Å². The third-order valence-electron chi connectivity index (χ3n) is 6.55. The van der Waals surface area contributed by atoms with Crippen LogP contribution in [0, 0.1) is 6.92 Å². The van der Waals surface area contributed by atoms with Crippen LogP contribution in [0.3, 0.4) is 0 Å². The first-order valence-corrected chi connectivity index (χ1v) is 11.7. The quantitative estimate of drug-likeness (QED) is 0.421. The first-order valence-electron chi connectivity index (χ1n) is 11.7. The summed E-state index contributed by atoms with van der Waals surface area (Å²) in [5.41, 5.74) is 9.00. The predicted octanol–water partition coefficient (Wildman–Crippen LogP) is 4.69. The molecule has 0 unspecified atom stereocenters. The highest BCUT2D eigenvalue weighted by atomic mass is 19.3. The Hall–Kier alpha value is -3.34. The first kappa shape index (κ1) is 24.8. The van der Waals surface area contributed by atoms with Crippen molar-refractivity contribution in [2.45, 2.75) is 64.5 Å². The van der Waals surface area contributed by atoms with Crippen LogP contribution in [0.15, 0.2) is 24.4 Å². The van der Waals surface area contributed by atoms with E-state index in [-0.39, 0.29) is 11.5 Å². The lowest BCUT2D eigenvalue weighted by Crippen LogP contribution is -2.29. The molecule has 0 radical (unpaired) electrons. The van der Waals surface area contributed by atoms with Crippen molar-refractivity contribution in [2.24, 2.45) is 0 Å². The highest BCUT2D eigenvalue weighted by Gasteiger charge is 2.25. The van der Waals surface area contributed by atoms with Crippen molar-refractivity contribution in [1.29, 1.82) is 0 Å². The van der Waals surface area contributed by atoms with Crippen LogP contribution >= 0.6 is 0 Å². The summed E-state index contributed by atoms with van der Waals surface area (Å²) in [6.07, 6.45) is 5.87. The Morgan fingerprint density at radius 2 is 1.89 bits per heavy atom. The molecule has 11 heteroatoms. The molecule has 0 amide bonds. The molecule has 1 fully saturated rings. The number of aromatic nitrogens is 6. The maximum absolute atomic E-state index is 12.9. The van der Waals surface area contributed by atoms with Crippen molar-refractivity contribution in [2.75, 3.05) is 25.2 Å². The van der Waals surface area contributed by atoms with E-state index in [0.29, 0.717) is 34.0 Å². The van der Waals surface area contributed by atoms with Crippen LogP contribution in [0.2, 0.25) is 0 Å². The summed E-state index contributed by atoms with van der Waals surface area (Å²) in [5, 5.41) is 7.14. The van der Waals surface area contributed by atoms with Crippen LogP contribution in [0.4, 0.5) is 20.5 Å². The number of fused-ring (bicyclic) bond motifs is 2. The van der Waals surface area contributed by atoms with Crippen molar-refractivity contribution in [3.8, 4) is 11.3 Å². The minimum Gasteiger partial charge on any atom is -0.379 e. The normalized spacial score (nSPS) is 15.4. The lowest BCUT2D eigenvalue weighted by molar-refractivity contribution is -0.0231. The summed E-state index contributed by atoms with van der Waals surface area (Å²) in [6.45, 7) is 3.45. The highest BCUT2D eigenvalue weighted by molar-refractivity contribution is 5.89. The molecule has 35 heavy (non-hydrogen) atoms. The number of hydrogen-bond donors (Lipinski definition) is 2. The summed E-state index contributed by atoms with van der Waals surface area (Å²) >= 11 is 0. The number of rotatable bonds is 5. The molecule has 4 aromatic heterocycles. The molecule has 1 aliphatic carbocycles. The number of methoxy groups -OCH3 is 1. The number of halogens is 2. The van der Waals surface area contributed by atoms with Crippen LogP contribution in [-0.2, 0) is 11.3 Å². The fraction of sp³-hybridized carbons (Fsp3) is 0.500. The molecule has 4 aromatic rings. The number of nitrogens with zero attached hydrogens (tertiary/aromatic N) is 6. The number of alkyl halides is 2. The number of ether oxygens (including phenoxy) is 1. The Morgan fingerprint density at radius 3 is 2.51 bits per heavy atom. The van der Waals surface area contributed by atoms with E-state index in [0.717, 1.165) is 5.56 Å². The topological polar surface area (TPSA) is 108 Å². The highest BCUT2D eigenvalue weighted by Crippen LogP contribution is 2.31. The van der Waals surface area contributed by atoms with Crippen LogP contribution in [0.5, 0.6) is 0 Å². The van der Waals surface area contributed by atoms with Crippen LogP contribution < -0.4 is 11.1 Å². The fourth-order valence-corrected chi connectivity index (χ4v) is 4.55. The molecule has 0 atom stereocenters. The zero-order chi connectivity index (χ0) is 25.2. The molecule has 0 bridgehead atoms. The maximum Gasteiger partial charge on any atom is 0.256 e. The Bertz CT molecular complexity index is 1310. The second kappa shape index (κ2) is 10.1. The lowest BCUT2D eigenvalue weighted by Gasteiger charge is -2.31. The Balaban J connectivity index is 0.000000271. The van der Waals surface area contributed by atoms with Gasteiger partial charge in [0.25, 0.3) is 6.43 Å². The van der Waals surface area contributed by atoms with E-state index in [1.54, 1.807) is 36.8 Å². The molecule has 0 saturated heterocycles. The molecule has 3 N–H and O–H groups in total. The Kier molecular flexibility index (Phi) is 7.15. The summed E-state index contributed by atoms with van der Waals surface area (Å²) in [6, 6.07) is 5.40. The number of nitrogens with one attached hydrogen (secondary N) is 1. The van der Waals surface area contributed by atoms with Gasteiger partial charge < -0.3 is 20.4 Å². The maximum atomic E-state index is 12.9. The van der Waals surface area contributed by atoms with Gasteiger partial charge in [0, 0.05) is 25.9 Å². The molecule has 5 rings (SSSR count). The van der Waals surface area contributed by atoms with Gasteiger partial charge in [0.1, 0.15) is 16.9 Å². The summed E-state index contributed by atoms with van der Waals surface area (Å²) < 4.78 is 34.2. The van der Waals surface area contributed by atoms with Crippen LogP contribution in [0.1, 0.15) is 44.9 Å². The number of pyridine rings is 1. The van der Waals surface area contributed by atoms with Crippen molar-refractivity contribution in [1.82, 2.24) is 29.1 Å². The monoisotopic (exact) mass is 486 g/mol. The van der Waals surface area contributed by atoms with Gasteiger partial charge in [0.2, 0.25) is 5.95 Å². The molecule has 0 aliphatic heterocycles. The predicted molar refractivity (Wildman–Crippen MR) is 133 cm³/mol. The molecule has 1 saturated carbocycles. The third-order valence-corrected chi connectivity index (χ3v) is 6.55. The van der Waals surface area contributed by atoms with Gasteiger partial charge in [0.15, 0.2) is 11.5 Å². The van der Waals surface area contributed by atoms with Crippen molar-refractivity contribution in [3.05, 3.63) is 30.2 Å². The third kappa shape index (κ3) is 5.19. The molecular formula is C24H32F2N8O. The van der Waals surface area contributed by atoms with Crippen molar-refractivity contribution < 1.29 is 13.5 Å². The molecule has 9 nitrogen and oxygen atoms in total. The van der Waals surface area contributed by atoms with Gasteiger partial charge >= 0.3 is 0 Å². The van der Waals surface area contributed by atoms with Gasteiger partial charge in [0.05, 0.1) is 17.8 Å². The van der Waals surface area contributed by atoms with Gasteiger partial charge in [-0.05, 0) is 44.9 Å². The number of nitrogens with two attached hydrogens (primary N) is 1. The lowest BCUT2D eigenvalue weighted by atomic mass is 9.86. The van der Waals surface area contributed by atoms with Crippen LogP contribution in [-0.4, -0.2) is 55.3 Å². The standard InChI is InChI=1S/C16H16F2N8.C8H16O/c1-8-21-11-4-3-10(22-15(11)25(8)7-12(17)18)9-5-6-26-13(9)14(20-2)23-16(19)24-26;1-8(9-2)6-4-3-5-7-8/h3-6,12H,7H2,1-2H3,(H3,19,20,23,24);3-7H2,1-2H3. The van der Waals surface area contributed by atoms with Crippen molar-refractivity contribution in [3.63, 3.8) is 0 Å². The van der Waals surface area contributed by atoms with E-state index < -0.39 is 13.0 Å². The van der Waals surface area contributed by atoms with E-state index in [2.05, 4.69) is 32.3 Å². The first-order chi connectivity index (χ1) is 16.7. The van der Waals surface area contributed by atoms with Gasteiger partial charge in [-0.15, -0.1) is 5.10 Å². The van der Waals surface area contributed by atoms with Gasteiger partial charge in [-0.25, -0.2) is 23.3 Å². The second-order valence-electron chi connectivity index (χ2n) is 9.01. The van der Waals surface area contributed by atoms with E-state index in [1.165, 1.54) is 36.7 Å². The second-order valence-corrected chi connectivity index (χ2v) is 9.01.